The van der Waals surface area contributed by atoms with Crippen molar-refractivity contribution in [1.82, 2.24) is 4.90 Å². The number of carbonyl (C=O) groups is 2. The Bertz CT molecular complexity index is 401. The number of carboxylic acids is 1. The van der Waals surface area contributed by atoms with Gasteiger partial charge in [0.2, 0.25) is 0 Å². The Morgan fingerprint density at radius 2 is 1.90 bits per heavy atom. The van der Waals surface area contributed by atoms with Crippen LogP contribution in [0, 0.1) is 5.92 Å². The molecule has 1 spiro atoms. The summed E-state index contributed by atoms with van der Waals surface area (Å²) in [6, 6.07) is 0. The summed E-state index contributed by atoms with van der Waals surface area (Å²) < 4.78 is 5.48. The minimum atomic E-state index is -0.736. The number of carboxylic acid groups (broad SMARTS) is 1. The molecular formula is C15H25NO4. The third-order valence-electron chi connectivity index (χ3n) is 4.38. The van der Waals surface area contributed by atoms with Crippen LogP contribution >= 0.6 is 0 Å². The summed E-state index contributed by atoms with van der Waals surface area (Å²) in [7, 11) is 0. The van der Waals surface area contributed by atoms with Gasteiger partial charge in [-0.05, 0) is 52.9 Å². The third kappa shape index (κ3) is 3.07. The minimum Gasteiger partial charge on any atom is -0.481 e. The average molecular weight is 283 g/mol. The van der Waals surface area contributed by atoms with Gasteiger partial charge in [0.1, 0.15) is 5.60 Å². The second-order valence-electron chi connectivity index (χ2n) is 7.09. The number of aliphatic carboxylic acids is 1. The molecule has 1 N–H and O–H groups in total. The first-order chi connectivity index (χ1) is 9.23. The van der Waals surface area contributed by atoms with Crippen molar-refractivity contribution in [3.8, 4) is 0 Å². The fourth-order valence-corrected chi connectivity index (χ4v) is 3.56. The molecule has 0 radical (unpaired) electrons. The standard InChI is InChI=1S/C15H25NO4/c1-14(2,3)20-13(19)16-9-5-8-15(16)7-4-6-11(10-15)12(17)18/h11H,4-10H2,1-3H3,(H,17,18)/t11-,15-/m0/s1. The molecule has 1 saturated heterocycles. The van der Waals surface area contributed by atoms with E-state index in [0.29, 0.717) is 13.0 Å². The van der Waals surface area contributed by atoms with E-state index in [4.69, 9.17) is 4.74 Å². The Morgan fingerprint density at radius 3 is 2.50 bits per heavy atom. The van der Waals surface area contributed by atoms with Crippen LogP contribution in [0.5, 0.6) is 0 Å². The molecule has 0 bridgehead atoms. The average Bonchev–Trinajstić information content (AvgIpc) is 2.70. The van der Waals surface area contributed by atoms with Crippen LogP contribution in [0.25, 0.3) is 0 Å². The molecule has 5 heteroatoms. The van der Waals surface area contributed by atoms with E-state index in [0.717, 1.165) is 32.1 Å². The van der Waals surface area contributed by atoms with Crippen LogP contribution in [0.15, 0.2) is 0 Å². The minimum absolute atomic E-state index is 0.288. The van der Waals surface area contributed by atoms with E-state index < -0.39 is 11.6 Å². The summed E-state index contributed by atoms with van der Waals surface area (Å²) in [6.07, 6.45) is 4.61. The number of carbonyl (C=O) groups excluding carboxylic acids is 1. The van der Waals surface area contributed by atoms with Crippen molar-refractivity contribution in [2.45, 2.75) is 70.4 Å². The van der Waals surface area contributed by atoms with Crippen molar-refractivity contribution in [3.05, 3.63) is 0 Å². The largest absolute Gasteiger partial charge is 0.481 e. The first-order valence-corrected chi connectivity index (χ1v) is 7.47. The number of hydrogen-bond acceptors (Lipinski definition) is 3. The fourth-order valence-electron chi connectivity index (χ4n) is 3.56. The highest BCUT2D eigenvalue weighted by atomic mass is 16.6. The van der Waals surface area contributed by atoms with Gasteiger partial charge in [-0.2, -0.15) is 0 Å². The van der Waals surface area contributed by atoms with Gasteiger partial charge in [0.05, 0.1) is 5.92 Å². The van der Waals surface area contributed by atoms with Crippen LogP contribution in [-0.2, 0) is 9.53 Å². The van der Waals surface area contributed by atoms with Crippen molar-refractivity contribution >= 4 is 12.1 Å². The van der Waals surface area contributed by atoms with Gasteiger partial charge in [-0.1, -0.05) is 6.42 Å². The van der Waals surface area contributed by atoms with Crippen LogP contribution in [0.1, 0.15) is 59.3 Å². The Balaban J connectivity index is 2.13. The quantitative estimate of drug-likeness (QED) is 0.803. The lowest BCUT2D eigenvalue weighted by Crippen LogP contribution is -2.52. The number of hydrogen-bond donors (Lipinski definition) is 1. The van der Waals surface area contributed by atoms with Crippen molar-refractivity contribution in [2.24, 2.45) is 5.92 Å². The smallest absolute Gasteiger partial charge is 0.410 e. The number of amides is 1. The van der Waals surface area contributed by atoms with Crippen molar-refractivity contribution in [1.29, 1.82) is 0 Å². The maximum Gasteiger partial charge on any atom is 0.410 e. The zero-order chi connectivity index (χ0) is 15.0. The number of likely N-dealkylation sites (tertiary alicyclic amines) is 1. The molecule has 0 aromatic rings. The lowest BCUT2D eigenvalue weighted by molar-refractivity contribution is -0.144. The Morgan fingerprint density at radius 1 is 1.25 bits per heavy atom. The molecule has 0 aromatic carbocycles. The van der Waals surface area contributed by atoms with E-state index >= 15 is 0 Å². The first kappa shape index (κ1) is 15.1. The molecule has 1 aliphatic carbocycles. The SMILES string of the molecule is CC(C)(C)OC(=O)N1CCC[C@]12CCC[C@H](C(=O)O)C2. The molecule has 1 aliphatic heterocycles. The van der Waals surface area contributed by atoms with E-state index in [9.17, 15) is 14.7 Å². The molecule has 2 fully saturated rings. The topological polar surface area (TPSA) is 66.8 Å². The third-order valence-corrected chi connectivity index (χ3v) is 4.38. The van der Waals surface area contributed by atoms with Gasteiger partial charge in [0.25, 0.3) is 0 Å². The highest BCUT2D eigenvalue weighted by molar-refractivity contribution is 5.72. The van der Waals surface area contributed by atoms with Crippen LogP contribution in [0.4, 0.5) is 4.79 Å². The van der Waals surface area contributed by atoms with Gasteiger partial charge in [-0.15, -0.1) is 0 Å². The fraction of sp³-hybridized carbons (Fsp3) is 0.867. The number of rotatable bonds is 1. The maximum atomic E-state index is 12.4. The second-order valence-corrected chi connectivity index (χ2v) is 7.09. The van der Waals surface area contributed by atoms with Gasteiger partial charge in [0.15, 0.2) is 0 Å². The molecule has 2 atom stereocenters. The van der Waals surface area contributed by atoms with E-state index in [1.807, 2.05) is 20.8 Å². The molecule has 1 amide bonds. The predicted molar refractivity (Wildman–Crippen MR) is 74.5 cm³/mol. The Kier molecular flexibility index (Phi) is 3.98. The van der Waals surface area contributed by atoms with Gasteiger partial charge in [0, 0.05) is 12.1 Å². The molecular weight excluding hydrogens is 258 g/mol. The summed E-state index contributed by atoms with van der Waals surface area (Å²) >= 11 is 0. The highest BCUT2D eigenvalue weighted by Gasteiger charge is 2.48. The van der Waals surface area contributed by atoms with E-state index in [1.54, 1.807) is 4.90 Å². The number of ether oxygens (including phenoxy) is 1. The molecule has 114 valence electrons. The van der Waals surface area contributed by atoms with Gasteiger partial charge in [-0.3, -0.25) is 4.79 Å². The van der Waals surface area contributed by atoms with Crippen LogP contribution in [0.2, 0.25) is 0 Å². The van der Waals surface area contributed by atoms with Gasteiger partial charge < -0.3 is 14.7 Å². The van der Waals surface area contributed by atoms with Crippen LogP contribution in [0.3, 0.4) is 0 Å². The van der Waals surface area contributed by atoms with Crippen molar-refractivity contribution < 1.29 is 19.4 Å². The molecule has 0 unspecified atom stereocenters. The zero-order valence-corrected chi connectivity index (χ0v) is 12.6. The van der Waals surface area contributed by atoms with Crippen LogP contribution < -0.4 is 0 Å². The number of nitrogens with zero attached hydrogens (tertiary/aromatic N) is 1. The van der Waals surface area contributed by atoms with Crippen LogP contribution in [-0.4, -0.2) is 39.8 Å². The Hall–Kier alpha value is -1.26. The molecule has 0 aromatic heterocycles. The first-order valence-electron chi connectivity index (χ1n) is 7.47. The summed E-state index contributed by atoms with van der Waals surface area (Å²) in [5.74, 6) is -1.06. The zero-order valence-electron chi connectivity index (χ0n) is 12.6. The summed E-state index contributed by atoms with van der Waals surface area (Å²) in [5.41, 5.74) is -0.800. The van der Waals surface area contributed by atoms with Gasteiger partial charge >= 0.3 is 12.1 Å². The maximum absolute atomic E-state index is 12.4. The predicted octanol–water partition coefficient (Wildman–Crippen LogP) is 3.03. The van der Waals surface area contributed by atoms with E-state index in [-0.39, 0.29) is 17.6 Å². The molecule has 2 aliphatic rings. The van der Waals surface area contributed by atoms with Crippen molar-refractivity contribution in [3.63, 3.8) is 0 Å². The van der Waals surface area contributed by atoms with E-state index in [1.165, 1.54) is 0 Å². The lowest BCUT2D eigenvalue weighted by Gasteiger charge is -2.43. The molecule has 1 heterocycles. The Labute approximate surface area is 120 Å². The van der Waals surface area contributed by atoms with Crippen molar-refractivity contribution in [2.75, 3.05) is 6.54 Å². The molecule has 20 heavy (non-hydrogen) atoms. The normalized spacial score (nSPS) is 30.6. The summed E-state index contributed by atoms with van der Waals surface area (Å²) in [5, 5.41) is 9.26. The summed E-state index contributed by atoms with van der Waals surface area (Å²) in [6.45, 7) is 6.25. The van der Waals surface area contributed by atoms with Gasteiger partial charge in [-0.25, -0.2) is 4.79 Å². The molecule has 1 saturated carbocycles. The molecule has 5 nitrogen and oxygen atoms in total. The molecule has 2 rings (SSSR count). The second kappa shape index (κ2) is 5.26. The lowest BCUT2D eigenvalue weighted by atomic mass is 9.74. The summed E-state index contributed by atoms with van der Waals surface area (Å²) in [4.78, 5) is 25.4. The highest BCUT2D eigenvalue weighted by Crippen LogP contribution is 2.44. The monoisotopic (exact) mass is 283 g/mol. The van der Waals surface area contributed by atoms with E-state index in [2.05, 4.69) is 0 Å².